The summed E-state index contributed by atoms with van der Waals surface area (Å²) in [5, 5.41) is 2.76. The first-order valence-corrected chi connectivity index (χ1v) is 10.8. The van der Waals surface area contributed by atoms with Gasteiger partial charge in [0.1, 0.15) is 5.75 Å². The Labute approximate surface area is 167 Å². The third-order valence-electron chi connectivity index (χ3n) is 4.69. The molecule has 0 aliphatic carbocycles. The zero-order chi connectivity index (χ0) is 20.9. The molecule has 1 amide bonds. The molecule has 7 heteroatoms. The van der Waals surface area contributed by atoms with Crippen molar-refractivity contribution in [3.05, 3.63) is 53.6 Å². The molecule has 2 aromatic carbocycles. The predicted molar refractivity (Wildman–Crippen MR) is 111 cm³/mol. The second kappa shape index (κ2) is 9.21. The van der Waals surface area contributed by atoms with Gasteiger partial charge in [-0.05, 0) is 62.2 Å². The van der Waals surface area contributed by atoms with Gasteiger partial charge in [0.2, 0.25) is 10.0 Å². The molecular formula is C21H28N2O4S. The Bertz CT molecular complexity index is 920. The molecule has 2 aromatic rings. The summed E-state index contributed by atoms with van der Waals surface area (Å²) < 4.78 is 32.2. The summed E-state index contributed by atoms with van der Waals surface area (Å²) in [4.78, 5) is 12.6. The fraction of sp³-hybridized carbons (Fsp3) is 0.381. The lowest BCUT2D eigenvalue weighted by molar-refractivity contribution is -0.122. The maximum atomic E-state index is 12.5. The first-order chi connectivity index (χ1) is 13.2. The highest BCUT2D eigenvalue weighted by molar-refractivity contribution is 7.89. The third-order valence-corrected chi connectivity index (χ3v) is 6.76. The van der Waals surface area contributed by atoms with E-state index in [0.717, 1.165) is 11.1 Å². The summed E-state index contributed by atoms with van der Waals surface area (Å²) in [6.07, 6.45) is -0.695. The Morgan fingerprint density at radius 2 is 1.68 bits per heavy atom. The molecule has 0 heterocycles. The van der Waals surface area contributed by atoms with Crippen molar-refractivity contribution in [2.24, 2.45) is 0 Å². The van der Waals surface area contributed by atoms with Crippen molar-refractivity contribution >= 4 is 21.6 Å². The first kappa shape index (κ1) is 21.9. The van der Waals surface area contributed by atoms with Crippen molar-refractivity contribution < 1.29 is 17.9 Å². The van der Waals surface area contributed by atoms with E-state index in [1.165, 1.54) is 16.4 Å². The van der Waals surface area contributed by atoms with E-state index in [1.54, 1.807) is 32.9 Å². The number of amides is 1. The highest BCUT2D eigenvalue weighted by atomic mass is 32.2. The fourth-order valence-corrected chi connectivity index (χ4v) is 4.22. The number of benzene rings is 2. The largest absolute Gasteiger partial charge is 0.481 e. The van der Waals surface area contributed by atoms with Gasteiger partial charge in [0.25, 0.3) is 5.91 Å². The average Bonchev–Trinajstić information content (AvgIpc) is 2.66. The molecule has 1 N–H and O–H groups in total. The number of hydrogen-bond donors (Lipinski definition) is 1. The van der Waals surface area contributed by atoms with E-state index >= 15 is 0 Å². The van der Waals surface area contributed by atoms with Crippen LogP contribution in [0.2, 0.25) is 0 Å². The molecular weight excluding hydrogens is 376 g/mol. The summed E-state index contributed by atoms with van der Waals surface area (Å²) in [6, 6.07) is 11.9. The minimum absolute atomic E-state index is 0.203. The van der Waals surface area contributed by atoms with Crippen LogP contribution in [0.25, 0.3) is 0 Å². The van der Waals surface area contributed by atoms with E-state index in [2.05, 4.69) is 5.32 Å². The molecule has 28 heavy (non-hydrogen) atoms. The Hall–Kier alpha value is -2.38. The number of ether oxygens (including phenoxy) is 1. The number of nitrogens with zero attached hydrogens (tertiary/aromatic N) is 1. The molecule has 0 saturated carbocycles. The quantitative estimate of drug-likeness (QED) is 0.727. The van der Waals surface area contributed by atoms with Crippen molar-refractivity contribution in [1.82, 2.24) is 4.31 Å². The number of nitrogens with one attached hydrogen (secondary N) is 1. The molecule has 0 unspecified atom stereocenters. The number of carbonyl (C=O) groups excluding carboxylic acids is 1. The number of sulfonamides is 1. The van der Waals surface area contributed by atoms with Crippen molar-refractivity contribution in [2.45, 2.75) is 45.6 Å². The van der Waals surface area contributed by atoms with E-state index in [4.69, 9.17) is 4.74 Å². The number of hydrogen-bond acceptors (Lipinski definition) is 4. The molecule has 152 valence electrons. The molecule has 0 aliphatic heterocycles. The number of anilines is 1. The summed E-state index contributed by atoms with van der Waals surface area (Å²) in [5.41, 5.74) is 2.60. The minimum atomic E-state index is -3.52. The molecule has 0 spiro atoms. The minimum Gasteiger partial charge on any atom is -0.481 e. The molecule has 0 aliphatic rings. The summed E-state index contributed by atoms with van der Waals surface area (Å²) in [6.45, 7) is 10.0. The molecule has 6 nitrogen and oxygen atoms in total. The maximum Gasteiger partial charge on any atom is 0.265 e. The molecule has 0 saturated heterocycles. The second-order valence-electron chi connectivity index (χ2n) is 6.56. The van der Waals surface area contributed by atoms with Crippen molar-refractivity contribution in [1.29, 1.82) is 0 Å². The van der Waals surface area contributed by atoms with Crippen LogP contribution in [0.15, 0.2) is 47.4 Å². The highest BCUT2D eigenvalue weighted by Gasteiger charge is 2.22. The zero-order valence-corrected chi connectivity index (χ0v) is 17.8. The standard InChI is InChI=1S/C21H28N2O4S/c1-6-23(7-2)28(25,26)19-13-11-18(12-14-19)22-21(24)17(5)27-20-10-8-9-15(3)16(20)4/h8-14,17H,6-7H2,1-5H3,(H,22,24)/t17-/m1/s1. The van der Waals surface area contributed by atoms with Gasteiger partial charge < -0.3 is 10.1 Å². The van der Waals surface area contributed by atoms with E-state index in [-0.39, 0.29) is 10.8 Å². The lowest BCUT2D eigenvalue weighted by Gasteiger charge is -2.19. The van der Waals surface area contributed by atoms with E-state index < -0.39 is 16.1 Å². The summed E-state index contributed by atoms with van der Waals surface area (Å²) >= 11 is 0. The maximum absolute atomic E-state index is 12.5. The van der Waals surface area contributed by atoms with E-state index in [0.29, 0.717) is 24.5 Å². The summed E-state index contributed by atoms with van der Waals surface area (Å²) in [5.74, 6) is 0.364. The number of aryl methyl sites for hydroxylation is 1. The van der Waals surface area contributed by atoms with Gasteiger partial charge >= 0.3 is 0 Å². The van der Waals surface area contributed by atoms with E-state index in [1.807, 2.05) is 32.0 Å². The second-order valence-corrected chi connectivity index (χ2v) is 8.50. The van der Waals surface area contributed by atoms with Gasteiger partial charge in [-0.1, -0.05) is 26.0 Å². The van der Waals surface area contributed by atoms with Crippen molar-refractivity contribution in [3.8, 4) is 5.75 Å². The molecule has 0 radical (unpaired) electrons. The Balaban J connectivity index is 2.07. The average molecular weight is 405 g/mol. The highest BCUT2D eigenvalue weighted by Crippen LogP contribution is 2.22. The third kappa shape index (κ3) is 4.91. The van der Waals surface area contributed by atoms with Gasteiger partial charge in [0, 0.05) is 18.8 Å². The van der Waals surface area contributed by atoms with Crippen LogP contribution in [0.3, 0.4) is 0 Å². The predicted octanol–water partition coefficient (Wildman–Crippen LogP) is 3.74. The Morgan fingerprint density at radius 1 is 1.07 bits per heavy atom. The van der Waals surface area contributed by atoms with Crippen LogP contribution in [0.4, 0.5) is 5.69 Å². The number of rotatable bonds is 8. The van der Waals surface area contributed by atoms with Gasteiger partial charge in [-0.25, -0.2) is 8.42 Å². The molecule has 0 aromatic heterocycles. The van der Waals surface area contributed by atoms with Gasteiger partial charge in [-0.2, -0.15) is 4.31 Å². The lowest BCUT2D eigenvalue weighted by Crippen LogP contribution is -2.31. The van der Waals surface area contributed by atoms with Crippen LogP contribution in [0.5, 0.6) is 5.75 Å². The van der Waals surface area contributed by atoms with Crippen LogP contribution in [-0.4, -0.2) is 37.8 Å². The van der Waals surface area contributed by atoms with Crippen LogP contribution >= 0.6 is 0 Å². The normalized spacial score (nSPS) is 12.6. The lowest BCUT2D eigenvalue weighted by atomic mass is 10.1. The molecule has 1 atom stereocenters. The SMILES string of the molecule is CCN(CC)S(=O)(=O)c1ccc(NC(=O)[C@@H](C)Oc2cccc(C)c2C)cc1. The van der Waals surface area contributed by atoms with E-state index in [9.17, 15) is 13.2 Å². The topological polar surface area (TPSA) is 75.7 Å². The van der Waals surface area contributed by atoms with Gasteiger partial charge in [-0.3, -0.25) is 4.79 Å². The first-order valence-electron chi connectivity index (χ1n) is 9.34. The zero-order valence-electron chi connectivity index (χ0n) is 17.0. The van der Waals surface area contributed by atoms with Crippen LogP contribution < -0.4 is 10.1 Å². The van der Waals surface area contributed by atoms with Crippen LogP contribution in [-0.2, 0) is 14.8 Å². The van der Waals surface area contributed by atoms with Crippen molar-refractivity contribution in [2.75, 3.05) is 18.4 Å². The molecule has 0 bridgehead atoms. The van der Waals surface area contributed by atoms with Gasteiger partial charge in [0.15, 0.2) is 6.10 Å². The number of carbonyl (C=O) groups is 1. The molecule has 0 fully saturated rings. The van der Waals surface area contributed by atoms with Crippen LogP contribution in [0, 0.1) is 13.8 Å². The Kier molecular flexibility index (Phi) is 7.21. The Morgan fingerprint density at radius 3 is 2.25 bits per heavy atom. The fourth-order valence-electron chi connectivity index (χ4n) is 2.76. The monoisotopic (exact) mass is 404 g/mol. The molecule has 2 rings (SSSR count). The van der Waals surface area contributed by atoms with Gasteiger partial charge in [-0.15, -0.1) is 0 Å². The summed E-state index contributed by atoms with van der Waals surface area (Å²) in [7, 11) is -3.52. The van der Waals surface area contributed by atoms with Crippen molar-refractivity contribution in [3.63, 3.8) is 0 Å². The van der Waals surface area contributed by atoms with Gasteiger partial charge in [0.05, 0.1) is 4.90 Å². The van der Waals surface area contributed by atoms with Crippen LogP contribution in [0.1, 0.15) is 31.9 Å². The smallest absolute Gasteiger partial charge is 0.265 e.